The molecule has 0 radical (unpaired) electrons. The number of hydrogen-bond acceptors (Lipinski definition) is 9. The highest BCUT2D eigenvalue weighted by molar-refractivity contribution is 7.89. The third kappa shape index (κ3) is 8.08. The van der Waals surface area contributed by atoms with Gasteiger partial charge in [0, 0.05) is 61.2 Å². The summed E-state index contributed by atoms with van der Waals surface area (Å²) in [5.41, 5.74) is 2.21. The van der Waals surface area contributed by atoms with Gasteiger partial charge in [-0.05, 0) is 113 Å². The Morgan fingerprint density at radius 3 is 1.47 bits per heavy atom. The zero-order valence-corrected chi connectivity index (χ0v) is 33.4. The van der Waals surface area contributed by atoms with Gasteiger partial charge in [0.2, 0.25) is 20.0 Å². The van der Waals surface area contributed by atoms with E-state index in [1.165, 1.54) is 10.4 Å². The fraction of sp³-hybridized carbons (Fsp3) is 0.526. The van der Waals surface area contributed by atoms with Gasteiger partial charge in [-0.25, -0.2) is 16.8 Å². The second-order valence-electron chi connectivity index (χ2n) is 14.8. The van der Waals surface area contributed by atoms with E-state index in [1.807, 2.05) is 20.8 Å². The Morgan fingerprint density at radius 2 is 1.06 bits per heavy atom. The molecule has 1 amide bonds. The first-order chi connectivity index (χ1) is 25.0. The van der Waals surface area contributed by atoms with Crippen LogP contribution in [0.2, 0.25) is 0 Å². The number of hydrogen-bond donors (Lipinski definition) is 0. The standard InChI is InChI=1S/C22H30N2O5S.C16H18ClNO4S/c1-14-7-9-24(10-8-14)30(26,27)18-5-6-20-19(11-18)17(4)21(29-20)22(25)23-12-15(2)28-16(3)13-23;1-10-5-7-18(8-6-10)23(20,21)12-3-4-14-13(9-12)11(2)15(22-14)16(17)19/h5-6,11,14-16H,7-10,12-13H2,1-4H3;3-4,9-10H,5-8H2,1-2H3. The molecule has 288 valence electrons. The number of halogens is 1. The van der Waals surface area contributed by atoms with Crippen LogP contribution in [0.4, 0.5) is 0 Å². The molecule has 0 N–H and O–H groups in total. The van der Waals surface area contributed by atoms with Crippen LogP contribution in [0.3, 0.4) is 0 Å². The van der Waals surface area contributed by atoms with Gasteiger partial charge >= 0.3 is 0 Å². The Morgan fingerprint density at radius 1 is 0.660 bits per heavy atom. The summed E-state index contributed by atoms with van der Waals surface area (Å²) in [5.74, 6) is 1.25. The SMILES string of the molecule is Cc1c(C(=O)Cl)oc2ccc(S(=O)(=O)N3CCC(C)CC3)cc12.Cc1c(C(=O)N2CC(C)OC(C)C2)oc2ccc(S(=O)(=O)N3CCC(C)CC3)cc12. The van der Waals surface area contributed by atoms with Gasteiger partial charge in [0.25, 0.3) is 11.1 Å². The summed E-state index contributed by atoms with van der Waals surface area (Å²) >= 11 is 5.49. The smallest absolute Gasteiger partial charge is 0.290 e. The van der Waals surface area contributed by atoms with Crippen molar-refractivity contribution in [2.45, 2.75) is 89.2 Å². The quantitative estimate of drug-likeness (QED) is 0.189. The van der Waals surface area contributed by atoms with Crippen molar-refractivity contribution in [1.82, 2.24) is 13.5 Å². The monoisotopic (exact) mass is 789 g/mol. The van der Waals surface area contributed by atoms with Gasteiger partial charge in [-0.15, -0.1) is 0 Å². The van der Waals surface area contributed by atoms with Gasteiger partial charge < -0.3 is 18.5 Å². The van der Waals surface area contributed by atoms with Gasteiger partial charge in [-0.2, -0.15) is 8.61 Å². The number of nitrogens with zero attached hydrogens (tertiary/aromatic N) is 3. The average Bonchev–Trinajstić information content (AvgIpc) is 3.63. The van der Waals surface area contributed by atoms with Crippen LogP contribution in [0.25, 0.3) is 21.9 Å². The van der Waals surface area contributed by atoms with Crippen LogP contribution in [0.5, 0.6) is 0 Å². The topological polar surface area (TPSA) is 148 Å². The minimum absolute atomic E-state index is 0.0357. The fourth-order valence-electron chi connectivity index (χ4n) is 7.35. The first kappa shape index (κ1) is 39.4. The summed E-state index contributed by atoms with van der Waals surface area (Å²) in [5, 5.41) is 0.577. The number of benzene rings is 2. The normalized spacial score (nSPS) is 21.5. The van der Waals surface area contributed by atoms with E-state index in [4.69, 9.17) is 25.2 Å². The van der Waals surface area contributed by atoms with E-state index in [-0.39, 0.29) is 39.4 Å². The van der Waals surface area contributed by atoms with Crippen molar-refractivity contribution >= 4 is 64.7 Å². The summed E-state index contributed by atoms with van der Waals surface area (Å²) < 4.78 is 71.9. The molecule has 3 aliphatic rings. The Balaban J connectivity index is 0.000000188. The van der Waals surface area contributed by atoms with E-state index in [0.29, 0.717) is 84.2 Å². The van der Waals surface area contributed by atoms with Crippen LogP contribution >= 0.6 is 11.6 Å². The molecule has 2 atom stereocenters. The second kappa shape index (κ2) is 15.5. The molecule has 0 aliphatic carbocycles. The number of amides is 1. The summed E-state index contributed by atoms with van der Waals surface area (Å²) in [6, 6.07) is 9.52. The Bertz CT molecular complexity index is 2220. The van der Waals surface area contributed by atoms with Gasteiger partial charge in [-0.1, -0.05) is 13.8 Å². The first-order valence-corrected chi connectivity index (χ1v) is 21.4. The number of rotatable bonds is 6. The maximum Gasteiger partial charge on any atom is 0.290 e. The lowest BCUT2D eigenvalue weighted by Gasteiger charge is -2.34. The molecule has 5 heterocycles. The summed E-state index contributed by atoms with van der Waals surface area (Å²) in [6.45, 7) is 14.9. The van der Waals surface area contributed by atoms with Gasteiger partial charge in [-0.3, -0.25) is 9.59 Å². The highest BCUT2D eigenvalue weighted by Crippen LogP contribution is 2.33. The minimum atomic E-state index is -3.56. The van der Waals surface area contributed by atoms with Crippen molar-refractivity contribution in [3.05, 3.63) is 59.0 Å². The number of fused-ring (bicyclic) bond motifs is 2. The minimum Gasteiger partial charge on any atom is -0.451 e. The number of morpholine rings is 1. The Labute approximate surface area is 316 Å². The van der Waals surface area contributed by atoms with Crippen molar-refractivity contribution in [2.75, 3.05) is 39.3 Å². The molecule has 3 saturated heterocycles. The molecule has 0 saturated carbocycles. The molecular weight excluding hydrogens is 742 g/mol. The van der Waals surface area contributed by atoms with Crippen molar-refractivity contribution in [2.24, 2.45) is 11.8 Å². The molecule has 53 heavy (non-hydrogen) atoms. The second-order valence-corrected chi connectivity index (χ2v) is 19.1. The lowest BCUT2D eigenvalue weighted by Crippen LogP contribution is -2.48. The van der Waals surface area contributed by atoms with Gasteiger partial charge in [0.05, 0.1) is 22.0 Å². The number of sulfonamides is 2. The predicted octanol–water partition coefficient (Wildman–Crippen LogP) is 6.95. The molecule has 4 aromatic rings. The number of furan rings is 2. The summed E-state index contributed by atoms with van der Waals surface area (Å²) in [4.78, 5) is 26.6. The van der Waals surface area contributed by atoms with Gasteiger partial charge in [0.1, 0.15) is 11.2 Å². The van der Waals surface area contributed by atoms with Crippen molar-refractivity contribution < 1.29 is 40.0 Å². The number of piperidine rings is 2. The molecule has 7 rings (SSSR count). The van der Waals surface area contributed by atoms with Crippen LogP contribution in [0.15, 0.2) is 55.0 Å². The van der Waals surface area contributed by atoms with Crippen LogP contribution in [-0.4, -0.2) is 93.0 Å². The largest absolute Gasteiger partial charge is 0.451 e. The lowest BCUT2D eigenvalue weighted by molar-refractivity contribution is -0.0592. The highest BCUT2D eigenvalue weighted by Gasteiger charge is 2.33. The van der Waals surface area contributed by atoms with Gasteiger partial charge in [0.15, 0.2) is 11.5 Å². The van der Waals surface area contributed by atoms with E-state index in [0.717, 1.165) is 25.7 Å². The fourth-order valence-corrected chi connectivity index (χ4v) is 10.5. The third-order valence-electron chi connectivity index (χ3n) is 10.7. The molecule has 0 bridgehead atoms. The third-order valence-corrected chi connectivity index (χ3v) is 14.6. The lowest BCUT2D eigenvalue weighted by atomic mass is 10.0. The Hall–Kier alpha value is -3.27. The molecule has 12 nitrogen and oxygen atoms in total. The van der Waals surface area contributed by atoms with Crippen LogP contribution < -0.4 is 0 Å². The number of carbonyl (C=O) groups is 2. The molecule has 2 unspecified atom stereocenters. The maximum atomic E-state index is 13.1. The molecule has 2 aromatic carbocycles. The van der Waals surface area contributed by atoms with E-state index in [2.05, 4.69) is 13.8 Å². The van der Waals surface area contributed by atoms with Crippen LogP contribution in [-0.2, 0) is 24.8 Å². The zero-order chi connectivity index (χ0) is 38.4. The number of carbonyl (C=O) groups excluding carboxylic acids is 2. The highest BCUT2D eigenvalue weighted by atomic mass is 35.5. The van der Waals surface area contributed by atoms with Crippen molar-refractivity contribution in [3.8, 4) is 0 Å². The summed E-state index contributed by atoms with van der Waals surface area (Å²) in [6.07, 6.45) is 3.43. The van der Waals surface area contributed by atoms with Crippen molar-refractivity contribution in [3.63, 3.8) is 0 Å². The first-order valence-electron chi connectivity index (χ1n) is 18.2. The number of aryl methyl sites for hydroxylation is 2. The van der Waals surface area contributed by atoms with E-state index in [1.54, 1.807) is 46.5 Å². The maximum absolute atomic E-state index is 13.1. The number of ether oxygens (including phenoxy) is 1. The molecular formula is C38H48ClN3O9S2. The Kier molecular flexibility index (Phi) is 11.5. The molecule has 0 spiro atoms. The molecule has 3 aliphatic heterocycles. The van der Waals surface area contributed by atoms with Crippen molar-refractivity contribution in [1.29, 1.82) is 0 Å². The van der Waals surface area contributed by atoms with Crippen LogP contribution in [0.1, 0.15) is 85.6 Å². The van der Waals surface area contributed by atoms with E-state index < -0.39 is 25.3 Å². The average molecular weight is 790 g/mol. The van der Waals surface area contributed by atoms with E-state index in [9.17, 15) is 26.4 Å². The zero-order valence-electron chi connectivity index (χ0n) is 31.1. The molecule has 3 fully saturated rings. The van der Waals surface area contributed by atoms with E-state index >= 15 is 0 Å². The summed E-state index contributed by atoms with van der Waals surface area (Å²) in [7, 11) is -7.09. The molecule has 15 heteroatoms. The predicted molar refractivity (Wildman–Crippen MR) is 202 cm³/mol. The molecule has 2 aromatic heterocycles. The van der Waals surface area contributed by atoms with Crippen LogP contribution in [0, 0.1) is 25.7 Å².